The first kappa shape index (κ1) is 18.8. The number of carbonyl (C=O) groups excluding carboxylic acids is 1. The predicted molar refractivity (Wildman–Crippen MR) is 107 cm³/mol. The van der Waals surface area contributed by atoms with Crippen LogP contribution in [0.2, 0.25) is 0 Å². The number of aliphatic hydroxyl groups excluding tert-OH is 1. The Kier molecular flexibility index (Phi) is 8.53. The van der Waals surface area contributed by atoms with E-state index in [9.17, 15) is 4.79 Å². The molecule has 1 amide bonds. The molecule has 1 aromatic rings. The van der Waals surface area contributed by atoms with E-state index in [1.54, 1.807) is 0 Å². The number of hydrogen-bond donors (Lipinski definition) is 2. The third-order valence-corrected chi connectivity index (χ3v) is 5.06. The van der Waals surface area contributed by atoms with E-state index in [1.807, 2.05) is 30.9 Å². The van der Waals surface area contributed by atoms with Gasteiger partial charge in [-0.1, -0.05) is 0 Å². The summed E-state index contributed by atoms with van der Waals surface area (Å²) in [5.74, 6) is -0.0517. The molecule has 0 saturated carbocycles. The molecule has 0 saturated heterocycles. The third kappa shape index (κ3) is 5.89. The second kappa shape index (κ2) is 9.06. The molecule has 0 aliphatic carbocycles. The van der Waals surface area contributed by atoms with Crippen molar-refractivity contribution >= 4 is 79.4 Å². The van der Waals surface area contributed by atoms with Crippen molar-refractivity contribution in [2.24, 2.45) is 0 Å². The van der Waals surface area contributed by atoms with Gasteiger partial charge in [-0.3, -0.25) is 9.69 Å². The normalized spacial score (nSPS) is 11.2. The number of benzene rings is 1. The van der Waals surface area contributed by atoms with Crippen LogP contribution in [-0.2, 0) is 4.79 Å². The highest BCUT2D eigenvalue weighted by atomic mass is 127. The summed E-state index contributed by atoms with van der Waals surface area (Å²) < 4.78 is 3.22. The maximum atomic E-state index is 12.1. The summed E-state index contributed by atoms with van der Waals surface area (Å²) in [7, 11) is 0. The van der Waals surface area contributed by atoms with Gasteiger partial charge >= 0.3 is 0 Å². The number of rotatable bonds is 6. The lowest BCUT2D eigenvalue weighted by molar-refractivity contribution is -0.117. The summed E-state index contributed by atoms with van der Waals surface area (Å²) in [5, 5.41) is 12.0. The number of hydrogen-bond acceptors (Lipinski definition) is 3. The average molecular weight is 614 g/mol. The number of nitrogens with zero attached hydrogens (tertiary/aromatic N) is 1. The maximum Gasteiger partial charge on any atom is 0.238 e. The largest absolute Gasteiger partial charge is 0.395 e. The first-order chi connectivity index (χ1) is 9.35. The second-order valence-corrected chi connectivity index (χ2v) is 8.15. The smallest absolute Gasteiger partial charge is 0.238 e. The topological polar surface area (TPSA) is 52.6 Å². The Hall–Kier alpha value is 0.800. The van der Waals surface area contributed by atoms with Crippen molar-refractivity contribution < 1.29 is 9.90 Å². The van der Waals surface area contributed by atoms with Gasteiger partial charge in [0.05, 0.1) is 18.8 Å². The Bertz CT molecular complexity index is 458. The number of amides is 1. The van der Waals surface area contributed by atoms with E-state index in [0.717, 1.165) is 16.4 Å². The SMILES string of the molecule is CC(C)N(CCO)CC(=O)Nc1c(I)cc(I)cc1I. The van der Waals surface area contributed by atoms with Crippen molar-refractivity contribution in [1.82, 2.24) is 4.90 Å². The van der Waals surface area contributed by atoms with Gasteiger partial charge in [0.25, 0.3) is 0 Å². The number of anilines is 1. The summed E-state index contributed by atoms with van der Waals surface area (Å²) in [6.07, 6.45) is 0. The lowest BCUT2D eigenvalue weighted by Gasteiger charge is -2.25. The zero-order valence-corrected chi connectivity index (χ0v) is 17.8. The minimum absolute atomic E-state index is 0.0517. The summed E-state index contributed by atoms with van der Waals surface area (Å²) in [6.45, 7) is 4.88. The van der Waals surface area contributed by atoms with Gasteiger partial charge in [-0.15, -0.1) is 0 Å². The summed E-state index contributed by atoms with van der Waals surface area (Å²) >= 11 is 6.72. The molecule has 4 nitrogen and oxygen atoms in total. The van der Waals surface area contributed by atoms with Crippen molar-refractivity contribution in [3.63, 3.8) is 0 Å². The number of aliphatic hydroxyl groups is 1. The van der Waals surface area contributed by atoms with Crippen molar-refractivity contribution in [2.45, 2.75) is 19.9 Å². The van der Waals surface area contributed by atoms with Gasteiger partial charge in [-0.25, -0.2) is 0 Å². The molecule has 1 aromatic carbocycles. The van der Waals surface area contributed by atoms with Crippen LogP contribution < -0.4 is 5.32 Å². The molecule has 0 aliphatic heterocycles. The Morgan fingerprint density at radius 1 is 1.30 bits per heavy atom. The van der Waals surface area contributed by atoms with Gasteiger partial charge in [0.2, 0.25) is 5.91 Å². The van der Waals surface area contributed by atoms with E-state index in [0.29, 0.717) is 6.54 Å². The van der Waals surface area contributed by atoms with Crippen LogP contribution >= 0.6 is 67.8 Å². The highest BCUT2D eigenvalue weighted by Gasteiger charge is 2.15. The van der Waals surface area contributed by atoms with E-state index >= 15 is 0 Å². The Labute approximate surface area is 160 Å². The first-order valence-corrected chi connectivity index (χ1v) is 9.38. The standard InChI is InChI=1S/C13H17I3N2O2/c1-8(2)18(3-4-19)7-12(20)17-13-10(15)5-9(14)6-11(13)16/h5-6,8,19H,3-4,7H2,1-2H3,(H,17,20). The zero-order chi connectivity index (χ0) is 15.3. The highest BCUT2D eigenvalue weighted by molar-refractivity contribution is 14.1. The fourth-order valence-corrected chi connectivity index (χ4v) is 5.53. The van der Waals surface area contributed by atoms with Crippen molar-refractivity contribution in [2.75, 3.05) is 25.0 Å². The molecular formula is C13H17I3N2O2. The van der Waals surface area contributed by atoms with Crippen LogP contribution in [0.25, 0.3) is 0 Å². The van der Waals surface area contributed by atoms with Crippen LogP contribution in [0.5, 0.6) is 0 Å². The molecule has 20 heavy (non-hydrogen) atoms. The monoisotopic (exact) mass is 614 g/mol. The molecule has 0 aliphatic rings. The lowest BCUT2D eigenvalue weighted by atomic mass is 10.3. The molecule has 0 radical (unpaired) electrons. The van der Waals surface area contributed by atoms with Crippen LogP contribution in [0.1, 0.15) is 13.8 Å². The van der Waals surface area contributed by atoms with Crippen LogP contribution in [0.4, 0.5) is 5.69 Å². The fourth-order valence-electron chi connectivity index (χ4n) is 1.67. The van der Waals surface area contributed by atoms with E-state index in [4.69, 9.17) is 5.11 Å². The van der Waals surface area contributed by atoms with E-state index < -0.39 is 0 Å². The van der Waals surface area contributed by atoms with Gasteiger partial charge < -0.3 is 10.4 Å². The van der Waals surface area contributed by atoms with Gasteiger partial charge in [-0.2, -0.15) is 0 Å². The molecule has 2 N–H and O–H groups in total. The Morgan fingerprint density at radius 2 is 1.85 bits per heavy atom. The van der Waals surface area contributed by atoms with Crippen LogP contribution in [-0.4, -0.2) is 41.7 Å². The Balaban J connectivity index is 2.76. The predicted octanol–water partition coefficient (Wildman–Crippen LogP) is 3.14. The molecule has 0 bridgehead atoms. The van der Waals surface area contributed by atoms with E-state index in [-0.39, 0.29) is 25.1 Å². The van der Waals surface area contributed by atoms with Gasteiger partial charge in [0.15, 0.2) is 0 Å². The second-order valence-electron chi connectivity index (χ2n) is 4.58. The molecule has 0 heterocycles. The molecule has 0 unspecified atom stereocenters. The average Bonchev–Trinajstić information content (AvgIpc) is 2.33. The first-order valence-electron chi connectivity index (χ1n) is 6.14. The van der Waals surface area contributed by atoms with E-state index in [1.165, 1.54) is 0 Å². The van der Waals surface area contributed by atoms with Crippen LogP contribution in [0.15, 0.2) is 12.1 Å². The van der Waals surface area contributed by atoms with Crippen molar-refractivity contribution in [3.05, 3.63) is 22.8 Å². The van der Waals surface area contributed by atoms with Gasteiger partial charge in [-0.05, 0) is 93.8 Å². The van der Waals surface area contributed by atoms with Gasteiger partial charge in [0.1, 0.15) is 0 Å². The quantitative estimate of drug-likeness (QED) is 0.485. The number of nitrogens with one attached hydrogen (secondary N) is 1. The summed E-state index contributed by atoms with van der Waals surface area (Å²) in [6, 6.07) is 4.29. The molecular weight excluding hydrogens is 597 g/mol. The molecule has 0 fully saturated rings. The van der Waals surface area contributed by atoms with Crippen molar-refractivity contribution in [1.29, 1.82) is 0 Å². The third-order valence-electron chi connectivity index (χ3n) is 2.74. The molecule has 7 heteroatoms. The van der Waals surface area contributed by atoms with Crippen LogP contribution in [0.3, 0.4) is 0 Å². The fraction of sp³-hybridized carbons (Fsp3) is 0.462. The minimum atomic E-state index is -0.0517. The van der Waals surface area contributed by atoms with E-state index in [2.05, 4.69) is 73.1 Å². The zero-order valence-electron chi connectivity index (χ0n) is 11.3. The van der Waals surface area contributed by atoms with Crippen LogP contribution in [0, 0.1) is 10.7 Å². The molecule has 1 rings (SSSR count). The summed E-state index contributed by atoms with van der Waals surface area (Å²) in [4.78, 5) is 14.1. The molecule has 0 atom stereocenters. The molecule has 112 valence electrons. The molecule has 0 spiro atoms. The van der Waals surface area contributed by atoms with Crippen molar-refractivity contribution in [3.8, 4) is 0 Å². The number of carbonyl (C=O) groups is 1. The number of halogens is 3. The molecule has 0 aromatic heterocycles. The highest BCUT2D eigenvalue weighted by Crippen LogP contribution is 2.27. The Morgan fingerprint density at radius 3 is 2.30 bits per heavy atom. The van der Waals surface area contributed by atoms with Gasteiger partial charge in [0, 0.05) is 23.3 Å². The lowest BCUT2D eigenvalue weighted by Crippen LogP contribution is -2.39. The summed E-state index contributed by atoms with van der Waals surface area (Å²) in [5.41, 5.74) is 0.865. The maximum absolute atomic E-state index is 12.1. The minimum Gasteiger partial charge on any atom is -0.395 e.